The van der Waals surface area contributed by atoms with Crippen molar-refractivity contribution < 1.29 is 19.1 Å². The van der Waals surface area contributed by atoms with Crippen molar-refractivity contribution in [2.75, 3.05) is 13.1 Å². The van der Waals surface area contributed by atoms with Crippen LogP contribution in [0, 0.1) is 6.92 Å². The van der Waals surface area contributed by atoms with E-state index in [1.807, 2.05) is 59.9 Å². The van der Waals surface area contributed by atoms with Crippen LogP contribution in [0.15, 0.2) is 89.2 Å². The Morgan fingerprint density at radius 1 is 1.08 bits per heavy atom. The molecular formula is C38H42N6O4S. The second kappa shape index (κ2) is 15.7. The van der Waals surface area contributed by atoms with Crippen LogP contribution in [0.5, 0.6) is 0 Å². The maximum Gasteiger partial charge on any atom is 0.254 e. The van der Waals surface area contributed by atoms with Crippen LogP contribution in [0.2, 0.25) is 0 Å². The number of benzene rings is 2. The predicted octanol–water partition coefficient (Wildman–Crippen LogP) is 6.09. The lowest BCUT2D eigenvalue weighted by Crippen LogP contribution is -2.48. The van der Waals surface area contributed by atoms with Gasteiger partial charge in [0.25, 0.3) is 11.8 Å². The standard InChI is InChI=1S/C38H42N6O4S/c1-24(2)31-14-27(19-39-21-31)20-40-22-34(45)32(15-26-8-5-4-6-9-26)43-35(46)28-16-29(36-41-11-13-48-36)18-30(17-28)38(47)44-12-7-10-33(44)37-42-25(3)23-49-37/h4-6,8-9,11,13-14,16-19,21,23-24,32-34,40,45H,7,10,12,15,20,22H2,1-3H3,(H,43,46)/t32-,33?,34+/m0/s1. The van der Waals surface area contributed by atoms with Gasteiger partial charge in [-0.3, -0.25) is 14.6 Å². The van der Waals surface area contributed by atoms with Crippen LogP contribution in [-0.2, 0) is 13.0 Å². The van der Waals surface area contributed by atoms with E-state index in [0.29, 0.717) is 42.4 Å². The molecule has 1 aliphatic rings. The van der Waals surface area contributed by atoms with Gasteiger partial charge in [-0.05, 0) is 67.0 Å². The molecule has 6 rings (SSSR count). The second-order valence-electron chi connectivity index (χ2n) is 12.9. The third-order valence-electron chi connectivity index (χ3n) is 8.80. The van der Waals surface area contributed by atoms with Crippen LogP contribution in [0.25, 0.3) is 11.5 Å². The van der Waals surface area contributed by atoms with E-state index in [0.717, 1.165) is 40.2 Å². The molecule has 0 radical (unpaired) electrons. The minimum absolute atomic E-state index is 0.115. The van der Waals surface area contributed by atoms with Crippen LogP contribution in [0.1, 0.15) is 86.8 Å². The Morgan fingerprint density at radius 2 is 1.90 bits per heavy atom. The quantitative estimate of drug-likeness (QED) is 0.136. The minimum atomic E-state index is -0.909. The first-order valence-corrected chi connectivity index (χ1v) is 17.6. The van der Waals surface area contributed by atoms with Crippen LogP contribution in [0.3, 0.4) is 0 Å². The molecule has 1 fully saturated rings. The smallest absolute Gasteiger partial charge is 0.254 e. The van der Waals surface area contributed by atoms with Crippen LogP contribution >= 0.6 is 11.3 Å². The van der Waals surface area contributed by atoms with Crippen molar-refractivity contribution in [2.24, 2.45) is 0 Å². The van der Waals surface area contributed by atoms with Gasteiger partial charge in [0.2, 0.25) is 5.89 Å². The summed E-state index contributed by atoms with van der Waals surface area (Å²) in [5.41, 5.74) is 5.23. The van der Waals surface area contributed by atoms with Crippen LogP contribution in [-0.4, -0.2) is 62.0 Å². The number of oxazole rings is 1. The molecule has 49 heavy (non-hydrogen) atoms. The van der Waals surface area contributed by atoms with Crippen molar-refractivity contribution in [1.29, 1.82) is 0 Å². The number of pyridine rings is 1. The highest BCUT2D eigenvalue weighted by Crippen LogP contribution is 2.35. The Balaban J connectivity index is 1.23. The van der Waals surface area contributed by atoms with E-state index in [1.54, 1.807) is 29.5 Å². The lowest BCUT2D eigenvalue weighted by atomic mass is 9.99. The topological polar surface area (TPSA) is 133 Å². The number of aliphatic hydroxyl groups is 1. The zero-order valence-electron chi connectivity index (χ0n) is 28.0. The van der Waals surface area contributed by atoms with E-state index in [4.69, 9.17) is 4.42 Å². The molecule has 4 heterocycles. The number of amides is 2. The fourth-order valence-corrected chi connectivity index (χ4v) is 7.10. The van der Waals surface area contributed by atoms with Crippen molar-refractivity contribution >= 4 is 23.2 Å². The summed E-state index contributed by atoms with van der Waals surface area (Å²) in [6.45, 7) is 7.58. The molecule has 2 aromatic carbocycles. The fraction of sp³-hybridized carbons (Fsp3) is 0.342. The second-order valence-corrected chi connectivity index (χ2v) is 13.8. The monoisotopic (exact) mass is 678 g/mol. The van der Waals surface area contributed by atoms with E-state index >= 15 is 0 Å². The van der Waals surface area contributed by atoms with Gasteiger partial charge in [-0.1, -0.05) is 50.2 Å². The summed E-state index contributed by atoms with van der Waals surface area (Å²) in [6.07, 6.45) is 7.87. The Morgan fingerprint density at radius 3 is 2.63 bits per heavy atom. The molecule has 1 aliphatic heterocycles. The lowest BCUT2D eigenvalue weighted by Gasteiger charge is -2.26. The number of hydrogen-bond donors (Lipinski definition) is 3. The Bertz CT molecular complexity index is 1860. The van der Waals surface area contributed by atoms with Crippen molar-refractivity contribution in [2.45, 2.75) is 70.7 Å². The average Bonchev–Trinajstić information content (AvgIpc) is 3.91. The highest BCUT2D eigenvalue weighted by atomic mass is 32.1. The maximum atomic E-state index is 14.1. The Labute approximate surface area is 290 Å². The van der Waals surface area contributed by atoms with Gasteiger partial charge in [0.1, 0.15) is 11.3 Å². The molecule has 3 atom stereocenters. The number of thiazole rings is 1. The van der Waals surface area contributed by atoms with E-state index in [1.165, 1.54) is 12.5 Å². The van der Waals surface area contributed by atoms with Crippen molar-refractivity contribution in [3.8, 4) is 11.5 Å². The van der Waals surface area contributed by atoms with E-state index in [-0.39, 0.29) is 24.1 Å². The number of aryl methyl sites for hydroxylation is 1. The summed E-state index contributed by atoms with van der Waals surface area (Å²) < 4.78 is 5.58. The highest BCUT2D eigenvalue weighted by Gasteiger charge is 2.33. The number of hydrogen-bond acceptors (Lipinski definition) is 9. The number of aliphatic hydroxyl groups excluding tert-OH is 1. The lowest BCUT2D eigenvalue weighted by molar-refractivity contribution is 0.0735. The van der Waals surface area contributed by atoms with Crippen LogP contribution < -0.4 is 10.6 Å². The van der Waals surface area contributed by atoms with Gasteiger partial charge in [0, 0.05) is 59.8 Å². The minimum Gasteiger partial charge on any atom is -0.445 e. The number of aromatic nitrogens is 3. The zero-order chi connectivity index (χ0) is 34.3. The van der Waals surface area contributed by atoms with Gasteiger partial charge in [0.05, 0.1) is 24.4 Å². The van der Waals surface area contributed by atoms with Crippen molar-refractivity contribution in [1.82, 2.24) is 30.5 Å². The zero-order valence-corrected chi connectivity index (χ0v) is 28.8. The van der Waals surface area contributed by atoms with E-state index < -0.39 is 18.1 Å². The SMILES string of the molecule is Cc1csc(C2CCCN2C(=O)c2cc(C(=O)N[C@@H](Cc3ccccc3)[C@H](O)CNCc3cncc(C(C)C)c3)cc(-c3ncco3)c2)n1. The third-order valence-corrected chi connectivity index (χ3v) is 9.87. The van der Waals surface area contributed by atoms with Gasteiger partial charge in [-0.15, -0.1) is 11.3 Å². The Kier molecular flexibility index (Phi) is 10.9. The number of likely N-dealkylation sites (tertiary alicyclic amines) is 1. The molecule has 0 bridgehead atoms. The summed E-state index contributed by atoms with van der Waals surface area (Å²) in [7, 11) is 0. The predicted molar refractivity (Wildman–Crippen MR) is 189 cm³/mol. The molecule has 0 spiro atoms. The van der Waals surface area contributed by atoms with Gasteiger partial charge in [-0.2, -0.15) is 0 Å². The fourth-order valence-electron chi connectivity index (χ4n) is 6.16. The highest BCUT2D eigenvalue weighted by molar-refractivity contribution is 7.09. The first-order chi connectivity index (χ1) is 23.7. The molecule has 0 saturated carbocycles. The molecule has 1 unspecified atom stereocenters. The third kappa shape index (κ3) is 8.48. The van der Waals surface area contributed by atoms with Gasteiger partial charge < -0.3 is 25.1 Å². The molecule has 10 nitrogen and oxygen atoms in total. The number of nitrogens with one attached hydrogen (secondary N) is 2. The van der Waals surface area contributed by atoms with Gasteiger partial charge >= 0.3 is 0 Å². The molecule has 1 saturated heterocycles. The number of nitrogens with zero attached hydrogens (tertiary/aromatic N) is 4. The summed E-state index contributed by atoms with van der Waals surface area (Å²) >= 11 is 1.56. The summed E-state index contributed by atoms with van der Waals surface area (Å²) in [5, 5.41) is 20.8. The largest absolute Gasteiger partial charge is 0.445 e. The van der Waals surface area contributed by atoms with Crippen molar-refractivity contribution in [3.05, 3.63) is 123 Å². The maximum absolute atomic E-state index is 14.1. The molecule has 11 heteroatoms. The normalized spacial score (nSPS) is 15.8. The Hall–Kier alpha value is -4.71. The summed E-state index contributed by atoms with van der Waals surface area (Å²) in [6, 6.07) is 16.1. The molecular weight excluding hydrogens is 637 g/mol. The summed E-state index contributed by atoms with van der Waals surface area (Å²) in [4.78, 5) is 43.2. The molecule has 3 aromatic heterocycles. The van der Waals surface area contributed by atoms with Gasteiger partial charge in [-0.25, -0.2) is 9.97 Å². The first-order valence-electron chi connectivity index (χ1n) is 16.7. The molecule has 5 aromatic rings. The van der Waals surface area contributed by atoms with E-state index in [9.17, 15) is 14.7 Å². The molecule has 0 aliphatic carbocycles. The molecule has 254 valence electrons. The first kappa shape index (κ1) is 34.2. The molecule has 2 amide bonds. The van der Waals surface area contributed by atoms with Crippen molar-refractivity contribution in [3.63, 3.8) is 0 Å². The average molecular weight is 679 g/mol. The number of rotatable bonds is 13. The van der Waals surface area contributed by atoms with Gasteiger partial charge in [0.15, 0.2) is 0 Å². The number of carbonyl (C=O) groups is 2. The van der Waals surface area contributed by atoms with E-state index in [2.05, 4.69) is 45.5 Å². The molecule has 3 N–H and O–H groups in total. The number of carbonyl (C=O) groups excluding carboxylic acids is 2. The summed E-state index contributed by atoms with van der Waals surface area (Å²) in [5.74, 6) is 0.0717. The van der Waals surface area contributed by atoms with Crippen LogP contribution in [0.4, 0.5) is 0 Å².